The van der Waals surface area contributed by atoms with Crippen LogP contribution in [0.4, 0.5) is 4.79 Å². The highest BCUT2D eigenvalue weighted by Gasteiger charge is 2.17. The number of aldehydes is 1. The number of hydrogen-bond acceptors (Lipinski definition) is 6. The molecule has 22 heavy (non-hydrogen) atoms. The molecule has 0 saturated carbocycles. The molecule has 2 rings (SSSR count). The molecule has 0 N–H and O–H groups in total. The molecule has 0 heterocycles. The van der Waals surface area contributed by atoms with E-state index in [1.54, 1.807) is 24.3 Å². The lowest BCUT2D eigenvalue weighted by atomic mass is 10.2. The fourth-order valence-electron chi connectivity index (χ4n) is 1.67. The lowest BCUT2D eigenvalue weighted by molar-refractivity contribution is 0.0729. The van der Waals surface area contributed by atoms with E-state index in [-0.39, 0.29) is 17.1 Å². The van der Waals surface area contributed by atoms with Gasteiger partial charge in [-0.2, -0.15) is 0 Å². The van der Waals surface area contributed by atoms with Gasteiger partial charge in [0.15, 0.2) is 0 Å². The molecule has 0 bridgehead atoms. The van der Waals surface area contributed by atoms with Crippen molar-refractivity contribution in [2.45, 2.75) is 0 Å². The van der Waals surface area contributed by atoms with Gasteiger partial charge < -0.3 is 14.2 Å². The van der Waals surface area contributed by atoms with Gasteiger partial charge in [-0.1, -0.05) is 24.3 Å². The van der Waals surface area contributed by atoms with E-state index in [1.807, 2.05) is 0 Å². The normalized spacial score (nSPS) is 9.68. The maximum absolute atomic E-state index is 12.2. The minimum atomic E-state index is -0.941. The van der Waals surface area contributed by atoms with Crippen LogP contribution in [0.5, 0.6) is 11.5 Å². The van der Waals surface area contributed by atoms with Crippen LogP contribution in [0.2, 0.25) is 0 Å². The highest BCUT2D eigenvalue weighted by molar-refractivity contribution is 5.94. The summed E-state index contributed by atoms with van der Waals surface area (Å²) in [5.74, 6) is -0.490. The highest BCUT2D eigenvalue weighted by Crippen LogP contribution is 2.21. The maximum Gasteiger partial charge on any atom is 0.513 e. The molecule has 2 aromatic rings. The van der Waals surface area contributed by atoms with Crippen molar-refractivity contribution in [3.05, 3.63) is 59.7 Å². The quantitative estimate of drug-likeness (QED) is 0.374. The largest absolute Gasteiger partial charge is 0.513 e. The van der Waals surface area contributed by atoms with Crippen molar-refractivity contribution in [1.29, 1.82) is 0 Å². The first-order valence-corrected chi connectivity index (χ1v) is 6.26. The number of methoxy groups -OCH3 is 1. The molecule has 0 spiro atoms. The average Bonchev–Trinajstić information content (AvgIpc) is 2.55. The molecule has 0 amide bonds. The number of carbonyl (C=O) groups is 3. The minimum Gasteiger partial charge on any atom is -0.437 e. The highest BCUT2D eigenvalue weighted by atomic mass is 16.7. The third-order valence-electron chi connectivity index (χ3n) is 2.67. The lowest BCUT2D eigenvalue weighted by Gasteiger charge is -2.09. The van der Waals surface area contributed by atoms with Crippen LogP contribution in [0.1, 0.15) is 20.7 Å². The Labute approximate surface area is 126 Å². The summed E-state index contributed by atoms with van der Waals surface area (Å²) in [5.41, 5.74) is 0.439. The Kier molecular flexibility index (Phi) is 4.87. The smallest absolute Gasteiger partial charge is 0.437 e. The van der Waals surface area contributed by atoms with E-state index in [1.165, 1.54) is 24.3 Å². The van der Waals surface area contributed by atoms with Crippen molar-refractivity contribution in [2.24, 2.45) is 0 Å². The Bertz CT molecular complexity index is 707. The first-order valence-electron chi connectivity index (χ1n) is 6.26. The van der Waals surface area contributed by atoms with Crippen LogP contribution >= 0.6 is 0 Å². The van der Waals surface area contributed by atoms with E-state index >= 15 is 0 Å². The van der Waals surface area contributed by atoms with Gasteiger partial charge in [0.1, 0.15) is 23.3 Å². The Hall–Kier alpha value is -3.15. The maximum atomic E-state index is 12.2. The molecule has 0 aliphatic heterocycles. The number of benzene rings is 2. The number of rotatable bonds is 4. The molecule has 6 nitrogen and oxygen atoms in total. The zero-order valence-corrected chi connectivity index (χ0v) is 11.6. The van der Waals surface area contributed by atoms with Gasteiger partial charge in [0.05, 0.1) is 7.11 Å². The summed E-state index contributed by atoms with van der Waals surface area (Å²) >= 11 is 0. The molecular weight excluding hydrogens is 288 g/mol. The Morgan fingerprint density at radius 3 is 2.50 bits per heavy atom. The SMILES string of the molecule is COC(=O)Oc1ccccc1C(=O)Oc1cccc(C=O)c1. The second-order valence-electron chi connectivity index (χ2n) is 4.13. The molecule has 0 aliphatic carbocycles. The number of carbonyl (C=O) groups excluding carboxylic acids is 3. The number of esters is 1. The summed E-state index contributed by atoms with van der Waals surface area (Å²) in [6.45, 7) is 0. The molecule has 0 atom stereocenters. The third kappa shape index (κ3) is 3.69. The predicted molar refractivity (Wildman–Crippen MR) is 76.3 cm³/mol. The van der Waals surface area contributed by atoms with Crippen LogP contribution in [0.15, 0.2) is 48.5 Å². The van der Waals surface area contributed by atoms with Gasteiger partial charge in [-0.3, -0.25) is 4.79 Å². The van der Waals surface area contributed by atoms with E-state index in [0.29, 0.717) is 11.8 Å². The van der Waals surface area contributed by atoms with E-state index in [0.717, 1.165) is 7.11 Å². The summed E-state index contributed by atoms with van der Waals surface area (Å²) in [6, 6.07) is 12.2. The zero-order valence-electron chi connectivity index (χ0n) is 11.6. The topological polar surface area (TPSA) is 78.9 Å². The van der Waals surface area contributed by atoms with Gasteiger partial charge in [0, 0.05) is 5.56 Å². The van der Waals surface area contributed by atoms with Crippen molar-refractivity contribution < 1.29 is 28.6 Å². The molecule has 112 valence electrons. The molecule has 0 fully saturated rings. The van der Waals surface area contributed by atoms with Crippen molar-refractivity contribution in [3.8, 4) is 11.5 Å². The Morgan fingerprint density at radius 1 is 1.00 bits per heavy atom. The Morgan fingerprint density at radius 2 is 1.77 bits per heavy atom. The van der Waals surface area contributed by atoms with Crippen LogP contribution in [-0.2, 0) is 4.74 Å². The molecule has 0 aromatic heterocycles. The molecule has 0 saturated heterocycles. The van der Waals surface area contributed by atoms with Gasteiger partial charge in [0.25, 0.3) is 0 Å². The fraction of sp³-hybridized carbons (Fsp3) is 0.0625. The van der Waals surface area contributed by atoms with E-state index in [9.17, 15) is 14.4 Å². The summed E-state index contributed by atoms with van der Waals surface area (Å²) in [4.78, 5) is 34.0. The fourth-order valence-corrected chi connectivity index (χ4v) is 1.67. The molecule has 0 aliphatic rings. The predicted octanol–water partition coefficient (Wildman–Crippen LogP) is 2.86. The number of para-hydroxylation sites is 1. The van der Waals surface area contributed by atoms with Crippen molar-refractivity contribution in [1.82, 2.24) is 0 Å². The lowest BCUT2D eigenvalue weighted by Crippen LogP contribution is -2.14. The van der Waals surface area contributed by atoms with Crippen LogP contribution in [0, 0.1) is 0 Å². The summed E-state index contributed by atoms with van der Waals surface area (Å²) in [5, 5.41) is 0. The molecule has 0 unspecified atom stereocenters. The van der Waals surface area contributed by atoms with E-state index in [2.05, 4.69) is 4.74 Å². The number of ether oxygens (including phenoxy) is 3. The zero-order chi connectivity index (χ0) is 15.9. The van der Waals surface area contributed by atoms with Gasteiger partial charge >= 0.3 is 12.1 Å². The summed E-state index contributed by atoms with van der Waals surface area (Å²) in [6.07, 6.45) is -0.297. The van der Waals surface area contributed by atoms with Crippen LogP contribution in [-0.4, -0.2) is 25.5 Å². The molecular formula is C16H12O6. The standard InChI is InChI=1S/C16H12O6/c1-20-16(19)22-14-8-3-2-7-13(14)15(18)21-12-6-4-5-11(9-12)10-17/h2-10H,1H3. The van der Waals surface area contributed by atoms with E-state index in [4.69, 9.17) is 9.47 Å². The summed E-state index contributed by atoms with van der Waals surface area (Å²) in [7, 11) is 1.16. The molecule has 6 heteroatoms. The van der Waals surface area contributed by atoms with Gasteiger partial charge in [-0.15, -0.1) is 0 Å². The van der Waals surface area contributed by atoms with Gasteiger partial charge in [-0.05, 0) is 24.3 Å². The second-order valence-corrected chi connectivity index (χ2v) is 4.13. The van der Waals surface area contributed by atoms with Crippen LogP contribution < -0.4 is 9.47 Å². The van der Waals surface area contributed by atoms with Crippen molar-refractivity contribution in [2.75, 3.05) is 7.11 Å². The average molecular weight is 300 g/mol. The van der Waals surface area contributed by atoms with Crippen LogP contribution in [0.25, 0.3) is 0 Å². The molecule has 0 radical (unpaired) electrons. The van der Waals surface area contributed by atoms with Crippen molar-refractivity contribution >= 4 is 18.4 Å². The van der Waals surface area contributed by atoms with Gasteiger partial charge in [0.2, 0.25) is 0 Å². The van der Waals surface area contributed by atoms with Gasteiger partial charge in [-0.25, -0.2) is 9.59 Å². The minimum absolute atomic E-state index is 0.0193. The Balaban J connectivity index is 2.22. The first kappa shape index (κ1) is 15.2. The van der Waals surface area contributed by atoms with Crippen molar-refractivity contribution in [3.63, 3.8) is 0 Å². The first-order chi connectivity index (χ1) is 10.6. The number of hydrogen-bond donors (Lipinski definition) is 0. The monoisotopic (exact) mass is 300 g/mol. The second kappa shape index (κ2) is 7.03. The molecule has 2 aromatic carbocycles. The van der Waals surface area contributed by atoms with E-state index < -0.39 is 12.1 Å². The van der Waals surface area contributed by atoms with Crippen LogP contribution in [0.3, 0.4) is 0 Å². The third-order valence-corrected chi connectivity index (χ3v) is 2.67. The summed E-state index contributed by atoms with van der Waals surface area (Å²) < 4.78 is 14.4.